The number of aliphatic carboxylic acids is 1. The van der Waals surface area contributed by atoms with Crippen molar-refractivity contribution in [2.24, 2.45) is 0 Å². The molecule has 0 aromatic heterocycles. The van der Waals surface area contributed by atoms with Crippen LogP contribution in [0.3, 0.4) is 0 Å². The highest BCUT2D eigenvalue weighted by Gasteiger charge is 2.29. The molecular formula is C26H23BrN2O6. The third-order valence-electron chi connectivity index (χ3n) is 5.84. The van der Waals surface area contributed by atoms with Gasteiger partial charge in [-0.1, -0.05) is 48.5 Å². The Balaban J connectivity index is 1.45. The van der Waals surface area contributed by atoms with E-state index >= 15 is 0 Å². The van der Waals surface area contributed by atoms with Gasteiger partial charge in [-0.3, -0.25) is 10.1 Å². The number of aliphatic hydroxyl groups excluding tert-OH is 1. The number of carbonyl (C=O) groups excluding carboxylic acids is 2. The highest BCUT2D eigenvalue weighted by atomic mass is 79.9. The molecule has 0 heterocycles. The number of carbonyl (C=O) groups is 3. The Kier molecular flexibility index (Phi) is 7.18. The number of anilines is 1. The number of aliphatic hydroxyl groups is 1. The Morgan fingerprint density at radius 1 is 1.00 bits per heavy atom. The lowest BCUT2D eigenvalue weighted by atomic mass is 9.98. The third kappa shape index (κ3) is 5.21. The van der Waals surface area contributed by atoms with Crippen molar-refractivity contribution in [3.05, 3.63) is 87.9 Å². The second-order valence-electron chi connectivity index (χ2n) is 8.18. The predicted molar refractivity (Wildman–Crippen MR) is 133 cm³/mol. The smallest absolute Gasteiger partial charge is 0.411 e. The van der Waals surface area contributed by atoms with Crippen molar-refractivity contribution in [1.82, 2.24) is 5.32 Å². The number of nitrogens with one attached hydrogen (secondary N) is 2. The fourth-order valence-electron chi connectivity index (χ4n) is 4.12. The molecule has 2 atom stereocenters. The molecule has 0 radical (unpaired) electrons. The first-order valence-electron chi connectivity index (χ1n) is 10.9. The quantitative estimate of drug-likeness (QED) is 0.354. The van der Waals surface area contributed by atoms with Gasteiger partial charge in [-0.05, 0) is 63.3 Å². The van der Waals surface area contributed by atoms with E-state index in [1.165, 1.54) is 19.1 Å². The van der Waals surface area contributed by atoms with Gasteiger partial charge in [0.2, 0.25) is 0 Å². The molecule has 4 N–H and O–H groups in total. The van der Waals surface area contributed by atoms with E-state index in [2.05, 4.69) is 26.6 Å². The second kappa shape index (κ2) is 10.3. The van der Waals surface area contributed by atoms with E-state index in [4.69, 9.17) is 4.74 Å². The van der Waals surface area contributed by atoms with Gasteiger partial charge in [0, 0.05) is 16.0 Å². The van der Waals surface area contributed by atoms with Gasteiger partial charge in [-0.2, -0.15) is 0 Å². The fourth-order valence-corrected chi connectivity index (χ4v) is 4.47. The number of rotatable bonds is 7. The van der Waals surface area contributed by atoms with Crippen LogP contribution >= 0.6 is 15.9 Å². The van der Waals surface area contributed by atoms with Crippen LogP contribution in [0.1, 0.15) is 34.3 Å². The summed E-state index contributed by atoms with van der Waals surface area (Å²) in [6.45, 7) is 1.40. The minimum atomic E-state index is -1.47. The van der Waals surface area contributed by atoms with Crippen LogP contribution < -0.4 is 10.6 Å². The molecule has 0 spiro atoms. The van der Waals surface area contributed by atoms with E-state index in [0.717, 1.165) is 22.3 Å². The zero-order valence-electron chi connectivity index (χ0n) is 18.7. The first kappa shape index (κ1) is 24.4. The highest BCUT2D eigenvalue weighted by molar-refractivity contribution is 9.10. The lowest BCUT2D eigenvalue weighted by Gasteiger charge is -2.18. The summed E-state index contributed by atoms with van der Waals surface area (Å²) in [6.07, 6.45) is -1.98. The maximum atomic E-state index is 12.6. The second-order valence-corrected chi connectivity index (χ2v) is 9.03. The molecule has 3 aromatic carbocycles. The Labute approximate surface area is 210 Å². The van der Waals surface area contributed by atoms with Crippen LogP contribution in [-0.2, 0) is 9.53 Å². The molecule has 9 heteroatoms. The maximum absolute atomic E-state index is 12.6. The van der Waals surface area contributed by atoms with Crippen molar-refractivity contribution in [3.63, 3.8) is 0 Å². The van der Waals surface area contributed by atoms with Gasteiger partial charge in [-0.15, -0.1) is 0 Å². The standard InChI is InChI=1S/C26H23BrN2O6/c1-14(30)23(25(32)33)29-24(31)15-10-11-21(27)22(12-15)28-26(34)35-13-20-18-8-4-2-6-16(18)17-7-3-5-9-19(17)20/h2-12,14,20,23,30H,13H2,1H3,(H,28,34)(H,29,31)(H,32,33)/t14-,23+/m1/s1. The van der Waals surface area contributed by atoms with Crippen molar-refractivity contribution in [2.45, 2.75) is 25.0 Å². The largest absolute Gasteiger partial charge is 0.480 e. The topological polar surface area (TPSA) is 125 Å². The summed E-state index contributed by atoms with van der Waals surface area (Å²) in [7, 11) is 0. The summed E-state index contributed by atoms with van der Waals surface area (Å²) in [6, 6.07) is 19.0. The van der Waals surface area contributed by atoms with Crippen LogP contribution in [0.4, 0.5) is 10.5 Å². The summed E-state index contributed by atoms with van der Waals surface area (Å²) in [5.41, 5.74) is 4.80. The first-order valence-corrected chi connectivity index (χ1v) is 11.7. The summed E-state index contributed by atoms with van der Waals surface area (Å²) in [5, 5.41) is 23.7. The Morgan fingerprint density at radius 3 is 2.17 bits per heavy atom. The molecule has 3 aromatic rings. The summed E-state index contributed by atoms with van der Waals surface area (Å²) in [5.74, 6) is -2.16. The average molecular weight is 539 g/mol. The number of fused-ring (bicyclic) bond motifs is 3. The number of amides is 2. The fraction of sp³-hybridized carbons (Fsp3) is 0.192. The van der Waals surface area contributed by atoms with Gasteiger partial charge in [0.05, 0.1) is 11.8 Å². The zero-order valence-corrected chi connectivity index (χ0v) is 20.3. The molecular weight excluding hydrogens is 516 g/mol. The van der Waals surface area contributed by atoms with Crippen LogP contribution in [0.5, 0.6) is 0 Å². The molecule has 35 heavy (non-hydrogen) atoms. The number of carboxylic acid groups (broad SMARTS) is 1. The van der Waals surface area contributed by atoms with E-state index in [1.54, 1.807) is 6.07 Å². The number of hydrogen-bond acceptors (Lipinski definition) is 5. The summed E-state index contributed by atoms with van der Waals surface area (Å²) < 4.78 is 6.05. The molecule has 4 rings (SSSR count). The van der Waals surface area contributed by atoms with Crippen molar-refractivity contribution in [1.29, 1.82) is 0 Å². The number of hydrogen-bond donors (Lipinski definition) is 4. The molecule has 8 nitrogen and oxygen atoms in total. The Bertz CT molecular complexity index is 1250. The van der Waals surface area contributed by atoms with Crippen molar-refractivity contribution < 1.29 is 29.3 Å². The normalized spacial score (nSPS) is 13.8. The molecule has 0 bridgehead atoms. The highest BCUT2D eigenvalue weighted by Crippen LogP contribution is 2.44. The molecule has 1 aliphatic rings. The van der Waals surface area contributed by atoms with Gasteiger partial charge < -0.3 is 20.3 Å². The van der Waals surface area contributed by atoms with Crippen LogP contribution in [0.2, 0.25) is 0 Å². The molecule has 180 valence electrons. The molecule has 0 saturated carbocycles. The third-order valence-corrected chi connectivity index (χ3v) is 6.54. The number of benzene rings is 3. The van der Waals surface area contributed by atoms with Crippen LogP contribution in [0.25, 0.3) is 11.1 Å². The van der Waals surface area contributed by atoms with Gasteiger partial charge in [-0.25, -0.2) is 9.59 Å². The molecule has 0 fully saturated rings. The van der Waals surface area contributed by atoms with E-state index in [0.29, 0.717) is 4.47 Å². The van der Waals surface area contributed by atoms with E-state index in [-0.39, 0.29) is 23.8 Å². The lowest BCUT2D eigenvalue weighted by Crippen LogP contribution is -2.47. The summed E-state index contributed by atoms with van der Waals surface area (Å²) >= 11 is 3.33. The van der Waals surface area contributed by atoms with Gasteiger partial charge in [0.15, 0.2) is 6.04 Å². The predicted octanol–water partition coefficient (Wildman–Crippen LogP) is 4.37. The molecule has 0 saturated heterocycles. The van der Waals surface area contributed by atoms with Crippen molar-refractivity contribution >= 4 is 39.6 Å². The summed E-state index contributed by atoms with van der Waals surface area (Å²) in [4.78, 5) is 36.4. The van der Waals surface area contributed by atoms with Crippen molar-refractivity contribution in [3.8, 4) is 11.1 Å². The number of halogens is 1. The number of ether oxygens (including phenoxy) is 1. The van der Waals surface area contributed by atoms with Gasteiger partial charge in [0.1, 0.15) is 6.61 Å². The minimum absolute atomic E-state index is 0.0953. The minimum Gasteiger partial charge on any atom is -0.480 e. The Morgan fingerprint density at radius 2 is 1.60 bits per heavy atom. The first-order chi connectivity index (χ1) is 16.8. The average Bonchev–Trinajstić information content (AvgIpc) is 3.15. The maximum Gasteiger partial charge on any atom is 0.411 e. The molecule has 1 aliphatic carbocycles. The van der Waals surface area contributed by atoms with Crippen LogP contribution in [0, 0.1) is 0 Å². The monoisotopic (exact) mass is 538 g/mol. The van der Waals surface area contributed by atoms with Crippen LogP contribution in [-0.4, -0.2) is 46.9 Å². The lowest BCUT2D eigenvalue weighted by molar-refractivity contribution is -0.141. The van der Waals surface area contributed by atoms with Crippen LogP contribution in [0.15, 0.2) is 71.2 Å². The van der Waals surface area contributed by atoms with Gasteiger partial charge in [0.25, 0.3) is 5.91 Å². The molecule has 0 aliphatic heterocycles. The molecule has 2 amide bonds. The SMILES string of the molecule is C[C@@H](O)[C@H](NC(=O)c1ccc(Br)c(NC(=O)OCC2c3ccccc3-c3ccccc32)c1)C(=O)O. The van der Waals surface area contributed by atoms with E-state index in [9.17, 15) is 24.6 Å². The van der Waals surface area contributed by atoms with E-state index < -0.39 is 30.1 Å². The van der Waals surface area contributed by atoms with Crippen molar-refractivity contribution in [2.75, 3.05) is 11.9 Å². The van der Waals surface area contributed by atoms with Gasteiger partial charge >= 0.3 is 12.1 Å². The number of carboxylic acids is 1. The van der Waals surface area contributed by atoms with E-state index in [1.807, 2.05) is 48.5 Å². The zero-order chi connectivity index (χ0) is 25.1. The Hall–Kier alpha value is -3.69. The molecule has 0 unspecified atom stereocenters.